The molecule has 2 saturated carbocycles. The summed E-state index contributed by atoms with van der Waals surface area (Å²) in [5.74, 6) is -6.04. The van der Waals surface area contributed by atoms with Crippen LogP contribution in [-0.2, 0) is 20.5 Å². The number of nitrogens with one attached hydrogen (secondary N) is 3. The first-order chi connectivity index (χ1) is 25.2. The molecule has 0 spiro atoms. The van der Waals surface area contributed by atoms with E-state index >= 15 is 4.39 Å². The summed E-state index contributed by atoms with van der Waals surface area (Å²) in [4.78, 5) is 51.9. The maximum absolute atomic E-state index is 15.3. The second kappa shape index (κ2) is 14.9. The third-order valence-corrected chi connectivity index (χ3v) is 9.59. The lowest BCUT2D eigenvalue weighted by Crippen LogP contribution is -2.61. The third kappa shape index (κ3) is 7.78. The smallest absolute Gasteiger partial charge is 0.419 e. The van der Waals surface area contributed by atoms with Crippen LogP contribution in [0.1, 0.15) is 46.9 Å². The van der Waals surface area contributed by atoms with E-state index in [1.54, 1.807) is 30.3 Å². The molecule has 4 aromatic rings. The first-order valence-electron chi connectivity index (χ1n) is 16.5. The van der Waals surface area contributed by atoms with Crippen molar-refractivity contribution in [2.24, 2.45) is 17.8 Å². The van der Waals surface area contributed by atoms with Crippen molar-refractivity contribution in [2.45, 2.75) is 37.6 Å². The molecule has 2 fully saturated rings. The maximum Gasteiger partial charge on any atom is 0.419 e. The number of methoxy groups -OCH3 is 1. The van der Waals surface area contributed by atoms with E-state index in [1.807, 2.05) is 0 Å². The molecular weight excluding hydrogens is 705 g/mol. The number of carbonyl (C=O) groups is 4. The SMILES string of the molecule is COc1ccc(-c2cc([C@H](OC(=O)Nc3ccccc3)C(=O)O)ccc2F)cc1C(=O)N[C@H]1[C@@H]2CCC[C@@H]2[C@H]1C(=O)Nc1ccc(F)c(C(F)(F)F)c1. The second-order valence-corrected chi connectivity index (χ2v) is 12.7. The van der Waals surface area contributed by atoms with E-state index in [0.29, 0.717) is 30.7 Å². The normalized spacial score (nSPS) is 19.6. The largest absolute Gasteiger partial charge is 0.496 e. The molecular formula is C38H32F5N3O7. The van der Waals surface area contributed by atoms with Crippen molar-refractivity contribution < 1.29 is 55.7 Å². The number of anilines is 2. The van der Waals surface area contributed by atoms with Crippen LogP contribution in [0.2, 0.25) is 0 Å². The van der Waals surface area contributed by atoms with Gasteiger partial charge in [0, 0.05) is 28.5 Å². The molecule has 3 amide bonds. The summed E-state index contributed by atoms with van der Waals surface area (Å²) in [6.07, 6.45) is -5.74. The van der Waals surface area contributed by atoms with Crippen molar-refractivity contribution in [3.05, 3.63) is 113 Å². The highest BCUT2D eigenvalue weighted by atomic mass is 19.4. The number of aliphatic carboxylic acids is 1. The van der Waals surface area contributed by atoms with Gasteiger partial charge in [-0.05, 0) is 84.8 Å². The number of carbonyl (C=O) groups excluding carboxylic acids is 3. The van der Waals surface area contributed by atoms with Crippen LogP contribution in [0.25, 0.3) is 11.1 Å². The van der Waals surface area contributed by atoms with Gasteiger partial charge >= 0.3 is 18.2 Å². The monoisotopic (exact) mass is 737 g/mol. The molecule has 2 aliphatic carbocycles. The molecule has 0 saturated heterocycles. The molecule has 10 nitrogen and oxygen atoms in total. The van der Waals surface area contributed by atoms with Crippen molar-refractivity contribution in [3.8, 4) is 16.9 Å². The van der Waals surface area contributed by atoms with E-state index in [0.717, 1.165) is 24.6 Å². The summed E-state index contributed by atoms with van der Waals surface area (Å²) < 4.78 is 79.6. The molecule has 5 atom stereocenters. The Morgan fingerprint density at radius 2 is 1.55 bits per heavy atom. The molecule has 0 bridgehead atoms. The van der Waals surface area contributed by atoms with Gasteiger partial charge in [-0.3, -0.25) is 14.9 Å². The van der Waals surface area contributed by atoms with Crippen molar-refractivity contribution in [1.82, 2.24) is 5.32 Å². The average molecular weight is 738 g/mol. The summed E-state index contributed by atoms with van der Waals surface area (Å²) in [5, 5.41) is 17.6. The topological polar surface area (TPSA) is 143 Å². The fourth-order valence-corrected chi connectivity index (χ4v) is 7.14. The number of carboxylic acids is 1. The lowest BCUT2D eigenvalue weighted by atomic mass is 9.61. The van der Waals surface area contributed by atoms with Gasteiger partial charge in [0.2, 0.25) is 12.0 Å². The number of para-hydroxylation sites is 1. The lowest BCUT2D eigenvalue weighted by Gasteiger charge is -2.48. The van der Waals surface area contributed by atoms with Gasteiger partial charge in [-0.2, -0.15) is 13.2 Å². The van der Waals surface area contributed by atoms with E-state index < -0.39 is 65.3 Å². The molecule has 6 rings (SSSR count). The number of halogens is 5. The van der Waals surface area contributed by atoms with Gasteiger partial charge in [-0.1, -0.05) is 36.8 Å². The Balaban J connectivity index is 1.23. The van der Waals surface area contributed by atoms with Crippen LogP contribution in [0, 0.1) is 29.4 Å². The average Bonchev–Trinajstić information content (AvgIpc) is 3.53. The molecule has 2 aliphatic rings. The predicted octanol–water partition coefficient (Wildman–Crippen LogP) is 7.82. The standard InChI is InChI=1S/C38H32F5N3O7/c1-52-30-15-11-19(25-17-20(10-13-28(25)39)33(36(49)50)53-37(51)45-21-6-3-2-4-7-21)16-26(30)34(47)46-32-24-9-5-8-23(24)31(32)35(48)44-22-12-14-29(40)27(18-22)38(41,42)43/h2-4,6-7,10-18,23-24,31-33H,5,8-9H2,1H3,(H,44,48)(H,45,51)(H,46,47)(H,49,50)/t23-,24+,31+,32-,33-/m0/s1. The van der Waals surface area contributed by atoms with Crippen LogP contribution in [0.3, 0.4) is 0 Å². The molecule has 4 N–H and O–H groups in total. The van der Waals surface area contributed by atoms with Crippen LogP contribution in [0.4, 0.5) is 38.1 Å². The highest BCUT2D eigenvalue weighted by molar-refractivity contribution is 6.00. The van der Waals surface area contributed by atoms with Gasteiger partial charge in [-0.25, -0.2) is 18.4 Å². The van der Waals surface area contributed by atoms with Gasteiger partial charge in [0.05, 0.1) is 24.2 Å². The number of amides is 3. The van der Waals surface area contributed by atoms with Crippen LogP contribution >= 0.6 is 0 Å². The summed E-state index contributed by atoms with van der Waals surface area (Å²) in [6, 6.07) is 17.1. The number of ether oxygens (including phenoxy) is 2. The van der Waals surface area contributed by atoms with Crippen LogP contribution in [-0.4, -0.2) is 42.1 Å². The number of hydrogen-bond donors (Lipinski definition) is 4. The Kier molecular flexibility index (Phi) is 10.4. The Hall–Kier alpha value is -5.99. The molecule has 0 radical (unpaired) electrons. The van der Waals surface area contributed by atoms with Gasteiger partial charge in [-0.15, -0.1) is 0 Å². The minimum absolute atomic E-state index is 0.0444. The first kappa shape index (κ1) is 36.8. The third-order valence-electron chi connectivity index (χ3n) is 9.59. The van der Waals surface area contributed by atoms with Gasteiger partial charge in [0.15, 0.2) is 0 Å². The van der Waals surface area contributed by atoms with E-state index in [4.69, 9.17) is 9.47 Å². The zero-order chi connectivity index (χ0) is 38.0. The number of benzene rings is 4. The minimum Gasteiger partial charge on any atom is -0.496 e. The molecule has 0 aromatic heterocycles. The van der Waals surface area contributed by atoms with Crippen molar-refractivity contribution in [1.29, 1.82) is 0 Å². The zero-order valence-electron chi connectivity index (χ0n) is 27.9. The maximum atomic E-state index is 15.3. The van der Waals surface area contributed by atoms with E-state index in [9.17, 15) is 41.8 Å². The number of rotatable bonds is 10. The number of alkyl halides is 3. The molecule has 0 aliphatic heterocycles. The molecule has 0 heterocycles. The molecule has 276 valence electrons. The predicted molar refractivity (Wildman–Crippen MR) is 181 cm³/mol. The summed E-state index contributed by atoms with van der Waals surface area (Å²) in [5.41, 5.74) is -1.51. The highest BCUT2D eigenvalue weighted by Gasteiger charge is 2.56. The first-order valence-corrected chi connectivity index (χ1v) is 16.5. The summed E-state index contributed by atoms with van der Waals surface area (Å²) in [7, 11) is 1.31. The Labute approximate surface area is 299 Å². The molecule has 15 heteroatoms. The quantitative estimate of drug-likeness (QED) is 0.122. The number of carboxylic acid groups (broad SMARTS) is 1. The van der Waals surface area contributed by atoms with Crippen LogP contribution in [0.5, 0.6) is 5.75 Å². The zero-order valence-corrected chi connectivity index (χ0v) is 27.9. The van der Waals surface area contributed by atoms with E-state index in [1.165, 1.54) is 31.4 Å². The van der Waals surface area contributed by atoms with Gasteiger partial charge in [0.25, 0.3) is 5.91 Å². The second-order valence-electron chi connectivity index (χ2n) is 12.7. The van der Waals surface area contributed by atoms with E-state index in [-0.39, 0.29) is 45.5 Å². The Bertz CT molecular complexity index is 2060. The fraction of sp³-hybridized carbons (Fsp3) is 0.263. The van der Waals surface area contributed by atoms with Crippen molar-refractivity contribution in [2.75, 3.05) is 17.7 Å². The minimum atomic E-state index is -4.98. The van der Waals surface area contributed by atoms with Crippen LogP contribution in [0.15, 0.2) is 84.9 Å². The van der Waals surface area contributed by atoms with Gasteiger partial charge < -0.3 is 25.2 Å². The van der Waals surface area contributed by atoms with Gasteiger partial charge in [0.1, 0.15) is 17.4 Å². The highest BCUT2D eigenvalue weighted by Crippen LogP contribution is 2.52. The number of fused-ring (bicyclic) bond motifs is 1. The molecule has 0 unspecified atom stereocenters. The van der Waals surface area contributed by atoms with Crippen molar-refractivity contribution >= 4 is 35.3 Å². The van der Waals surface area contributed by atoms with E-state index in [2.05, 4.69) is 16.0 Å². The summed E-state index contributed by atoms with van der Waals surface area (Å²) in [6.45, 7) is 0. The molecule has 4 aromatic carbocycles. The van der Waals surface area contributed by atoms with Crippen molar-refractivity contribution in [3.63, 3.8) is 0 Å². The fourth-order valence-electron chi connectivity index (χ4n) is 7.14. The van der Waals surface area contributed by atoms with Crippen LogP contribution < -0.4 is 20.7 Å². The Morgan fingerprint density at radius 3 is 2.25 bits per heavy atom. The molecule has 53 heavy (non-hydrogen) atoms. The Morgan fingerprint density at radius 1 is 0.830 bits per heavy atom. The lowest BCUT2D eigenvalue weighted by molar-refractivity contribution is -0.147. The summed E-state index contributed by atoms with van der Waals surface area (Å²) >= 11 is 0. The number of hydrogen-bond acceptors (Lipinski definition) is 6.